The van der Waals surface area contributed by atoms with Gasteiger partial charge in [0, 0.05) is 17.6 Å². The van der Waals surface area contributed by atoms with Crippen LogP contribution in [-0.2, 0) is 16.6 Å². The highest BCUT2D eigenvalue weighted by molar-refractivity contribution is 7.89. The Balaban J connectivity index is 2.16. The van der Waals surface area contributed by atoms with E-state index in [0.29, 0.717) is 16.7 Å². The van der Waals surface area contributed by atoms with Crippen molar-refractivity contribution in [3.05, 3.63) is 64.7 Å². The molecule has 1 N–H and O–H groups in total. The largest absolute Gasteiger partial charge is 0.241 e. The first-order valence-corrected chi connectivity index (χ1v) is 7.43. The van der Waals surface area contributed by atoms with Crippen LogP contribution in [0.3, 0.4) is 0 Å². The number of rotatable bonds is 4. The zero-order chi connectivity index (χ0) is 14.8. The van der Waals surface area contributed by atoms with Gasteiger partial charge in [-0.05, 0) is 29.8 Å². The van der Waals surface area contributed by atoms with Crippen LogP contribution < -0.4 is 4.72 Å². The normalized spacial score (nSPS) is 11.6. The van der Waals surface area contributed by atoms with Crippen LogP contribution in [0.4, 0.5) is 8.78 Å². The van der Waals surface area contributed by atoms with Crippen molar-refractivity contribution in [1.82, 2.24) is 4.72 Å². The second kappa shape index (κ2) is 5.87. The molecule has 0 spiro atoms. The first kappa shape index (κ1) is 14.9. The number of benzene rings is 2. The Bertz CT molecular complexity index is 697. The van der Waals surface area contributed by atoms with Crippen LogP contribution in [0.2, 0.25) is 5.02 Å². The van der Waals surface area contributed by atoms with Crippen molar-refractivity contribution < 1.29 is 17.2 Å². The first-order valence-electron chi connectivity index (χ1n) is 5.57. The molecule has 106 valence electrons. The first-order chi connectivity index (χ1) is 9.37. The van der Waals surface area contributed by atoms with E-state index in [-0.39, 0.29) is 6.54 Å². The van der Waals surface area contributed by atoms with Gasteiger partial charge in [0.2, 0.25) is 10.0 Å². The second-order valence-electron chi connectivity index (χ2n) is 4.06. The molecule has 0 amide bonds. The lowest BCUT2D eigenvalue weighted by atomic mass is 10.2. The quantitative estimate of drug-likeness (QED) is 0.942. The Morgan fingerprint density at radius 3 is 2.10 bits per heavy atom. The third-order valence-electron chi connectivity index (χ3n) is 2.53. The average molecular weight is 318 g/mol. The Labute approximate surface area is 120 Å². The molecule has 0 aromatic heterocycles. The van der Waals surface area contributed by atoms with Crippen molar-refractivity contribution in [3.8, 4) is 0 Å². The monoisotopic (exact) mass is 317 g/mol. The summed E-state index contributed by atoms with van der Waals surface area (Å²) in [5.41, 5.74) is 0.676. The SMILES string of the molecule is O=S(=O)(NCc1ccc(Cl)cc1)c1cc(F)cc(F)c1. The zero-order valence-corrected chi connectivity index (χ0v) is 11.7. The summed E-state index contributed by atoms with van der Waals surface area (Å²) in [5.74, 6) is -1.89. The van der Waals surface area contributed by atoms with Crippen molar-refractivity contribution in [2.75, 3.05) is 0 Å². The number of hydrogen-bond acceptors (Lipinski definition) is 2. The number of hydrogen-bond donors (Lipinski definition) is 1. The van der Waals surface area contributed by atoms with E-state index in [0.717, 1.165) is 12.1 Å². The Morgan fingerprint density at radius 1 is 1.00 bits per heavy atom. The standard InChI is InChI=1S/C13H10ClF2NO2S/c14-10-3-1-9(2-4-10)8-17-20(18,19)13-6-11(15)5-12(16)7-13/h1-7,17H,8H2. The molecule has 0 saturated carbocycles. The van der Waals surface area contributed by atoms with Gasteiger partial charge in [0.25, 0.3) is 0 Å². The van der Waals surface area contributed by atoms with E-state index < -0.39 is 26.6 Å². The maximum Gasteiger partial charge on any atom is 0.241 e. The lowest BCUT2D eigenvalue weighted by molar-refractivity contribution is 0.561. The minimum absolute atomic E-state index is 0.00235. The lowest BCUT2D eigenvalue weighted by Crippen LogP contribution is -2.23. The van der Waals surface area contributed by atoms with Gasteiger partial charge in [0.05, 0.1) is 4.90 Å². The molecule has 0 atom stereocenters. The molecule has 7 heteroatoms. The fourth-order valence-corrected chi connectivity index (χ4v) is 2.73. The van der Waals surface area contributed by atoms with E-state index in [1.165, 1.54) is 0 Å². The van der Waals surface area contributed by atoms with Crippen molar-refractivity contribution in [1.29, 1.82) is 0 Å². The van der Waals surface area contributed by atoms with Crippen molar-refractivity contribution in [2.45, 2.75) is 11.4 Å². The van der Waals surface area contributed by atoms with Crippen LogP contribution in [-0.4, -0.2) is 8.42 Å². The van der Waals surface area contributed by atoms with Crippen LogP contribution in [0.25, 0.3) is 0 Å². The van der Waals surface area contributed by atoms with Gasteiger partial charge in [0.15, 0.2) is 0 Å². The predicted octanol–water partition coefficient (Wildman–Crippen LogP) is 3.10. The van der Waals surface area contributed by atoms with Crippen LogP contribution in [0, 0.1) is 11.6 Å². The summed E-state index contributed by atoms with van der Waals surface area (Å²) in [6.45, 7) is -0.00235. The molecule has 0 unspecified atom stereocenters. The summed E-state index contributed by atoms with van der Waals surface area (Å²) in [6, 6.07) is 8.66. The van der Waals surface area contributed by atoms with Crippen molar-refractivity contribution in [3.63, 3.8) is 0 Å². The predicted molar refractivity (Wildman–Crippen MR) is 71.8 cm³/mol. The number of halogens is 3. The van der Waals surface area contributed by atoms with Crippen molar-refractivity contribution >= 4 is 21.6 Å². The topological polar surface area (TPSA) is 46.2 Å². The van der Waals surface area contributed by atoms with Gasteiger partial charge in [-0.2, -0.15) is 0 Å². The van der Waals surface area contributed by atoms with E-state index in [4.69, 9.17) is 11.6 Å². The second-order valence-corrected chi connectivity index (χ2v) is 6.26. The Kier molecular flexibility index (Phi) is 4.37. The molecule has 0 fully saturated rings. The summed E-state index contributed by atoms with van der Waals surface area (Å²) in [5, 5.41) is 0.531. The molecular weight excluding hydrogens is 308 g/mol. The third-order valence-corrected chi connectivity index (χ3v) is 4.16. The third kappa shape index (κ3) is 3.75. The smallest absolute Gasteiger partial charge is 0.207 e. The summed E-state index contributed by atoms with van der Waals surface area (Å²) < 4.78 is 52.1. The fourth-order valence-electron chi connectivity index (χ4n) is 1.55. The van der Waals surface area contributed by atoms with E-state index in [1.807, 2.05) is 0 Å². The highest BCUT2D eigenvalue weighted by Gasteiger charge is 2.16. The molecule has 20 heavy (non-hydrogen) atoms. The van der Waals surface area contributed by atoms with E-state index >= 15 is 0 Å². The fraction of sp³-hybridized carbons (Fsp3) is 0.0769. The maximum absolute atomic E-state index is 13.0. The van der Waals surface area contributed by atoms with Crippen LogP contribution >= 0.6 is 11.6 Å². The van der Waals surface area contributed by atoms with Gasteiger partial charge in [-0.25, -0.2) is 21.9 Å². The molecule has 0 aliphatic heterocycles. The highest BCUT2D eigenvalue weighted by atomic mass is 35.5. The van der Waals surface area contributed by atoms with Crippen LogP contribution in [0.15, 0.2) is 47.4 Å². The van der Waals surface area contributed by atoms with Crippen LogP contribution in [0.1, 0.15) is 5.56 Å². The Hall–Kier alpha value is -1.50. The molecule has 0 heterocycles. The molecule has 0 saturated heterocycles. The van der Waals surface area contributed by atoms with Gasteiger partial charge in [-0.1, -0.05) is 23.7 Å². The minimum atomic E-state index is -3.98. The summed E-state index contributed by atoms with van der Waals surface area (Å²) >= 11 is 5.71. The molecule has 3 nitrogen and oxygen atoms in total. The average Bonchev–Trinajstić information content (AvgIpc) is 2.37. The highest BCUT2D eigenvalue weighted by Crippen LogP contribution is 2.14. The molecule has 0 bridgehead atoms. The molecule has 2 aromatic carbocycles. The molecule has 0 radical (unpaired) electrons. The van der Waals surface area contributed by atoms with Crippen molar-refractivity contribution in [2.24, 2.45) is 0 Å². The minimum Gasteiger partial charge on any atom is -0.207 e. The molecule has 2 aromatic rings. The van der Waals surface area contributed by atoms with Gasteiger partial charge < -0.3 is 0 Å². The summed E-state index contributed by atoms with van der Waals surface area (Å²) in [6.07, 6.45) is 0. The summed E-state index contributed by atoms with van der Waals surface area (Å²) in [4.78, 5) is -0.455. The van der Waals surface area contributed by atoms with E-state index in [2.05, 4.69) is 4.72 Å². The lowest BCUT2D eigenvalue weighted by Gasteiger charge is -2.07. The molecule has 0 aliphatic rings. The summed E-state index contributed by atoms with van der Waals surface area (Å²) in [7, 11) is -3.98. The van der Waals surface area contributed by atoms with Gasteiger partial charge in [0.1, 0.15) is 11.6 Å². The number of nitrogens with one attached hydrogen (secondary N) is 1. The molecule has 2 rings (SSSR count). The van der Waals surface area contributed by atoms with E-state index in [1.54, 1.807) is 24.3 Å². The van der Waals surface area contributed by atoms with Crippen LogP contribution in [0.5, 0.6) is 0 Å². The molecule has 0 aliphatic carbocycles. The zero-order valence-electron chi connectivity index (χ0n) is 10.1. The van der Waals surface area contributed by atoms with E-state index in [9.17, 15) is 17.2 Å². The Morgan fingerprint density at radius 2 is 1.55 bits per heavy atom. The van der Waals surface area contributed by atoms with Gasteiger partial charge >= 0.3 is 0 Å². The number of sulfonamides is 1. The maximum atomic E-state index is 13.0. The van der Waals surface area contributed by atoms with Gasteiger partial charge in [-0.3, -0.25) is 0 Å². The molecular formula is C13H10ClF2NO2S. The van der Waals surface area contributed by atoms with Gasteiger partial charge in [-0.15, -0.1) is 0 Å².